The van der Waals surface area contributed by atoms with Gasteiger partial charge in [-0.3, -0.25) is 0 Å². The summed E-state index contributed by atoms with van der Waals surface area (Å²) in [5.41, 5.74) is 0.600. The molecule has 0 atom stereocenters. The fraction of sp³-hybridized carbons (Fsp3) is 0.357. The molecule has 1 fully saturated rings. The van der Waals surface area contributed by atoms with Crippen LogP contribution in [0.2, 0.25) is 0 Å². The lowest BCUT2D eigenvalue weighted by atomic mass is 10.2. The van der Waals surface area contributed by atoms with Crippen molar-refractivity contribution < 1.29 is 8.78 Å². The zero-order valence-corrected chi connectivity index (χ0v) is 10.4. The molecule has 1 aromatic carbocycles. The van der Waals surface area contributed by atoms with Crippen molar-refractivity contribution >= 4 is 0 Å². The minimum atomic E-state index is -0.548. The van der Waals surface area contributed by atoms with Crippen molar-refractivity contribution in [3.05, 3.63) is 53.6 Å². The van der Waals surface area contributed by atoms with Gasteiger partial charge in [-0.15, -0.1) is 0 Å². The molecule has 5 heteroatoms. The highest BCUT2D eigenvalue weighted by atomic mass is 19.1. The van der Waals surface area contributed by atoms with Crippen LogP contribution in [0.4, 0.5) is 8.78 Å². The van der Waals surface area contributed by atoms with Gasteiger partial charge in [0.25, 0.3) is 0 Å². The van der Waals surface area contributed by atoms with Crippen molar-refractivity contribution in [3.63, 3.8) is 0 Å². The summed E-state index contributed by atoms with van der Waals surface area (Å²) < 4.78 is 28.2. The second-order valence-electron chi connectivity index (χ2n) is 4.90. The van der Waals surface area contributed by atoms with E-state index in [4.69, 9.17) is 0 Å². The lowest BCUT2D eigenvalue weighted by Crippen LogP contribution is -2.19. The van der Waals surface area contributed by atoms with E-state index in [2.05, 4.69) is 10.3 Å². The largest absolute Gasteiger partial charge is 0.329 e. The first kappa shape index (κ1) is 12.3. The smallest absolute Gasteiger partial charge is 0.126 e. The maximum absolute atomic E-state index is 13.1. The Kier molecular flexibility index (Phi) is 3.29. The molecule has 2 aromatic rings. The molecule has 0 radical (unpaired) electrons. The number of nitrogens with zero attached hydrogens (tertiary/aromatic N) is 2. The van der Waals surface area contributed by atoms with E-state index in [1.165, 1.54) is 25.0 Å². The lowest BCUT2D eigenvalue weighted by molar-refractivity contribution is 0.574. The molecular weight excluding hydrogens is 248 g/mol. The Labute approximate surface area is 110 Å². The van der Waals surface area contributed by atoms with E-state index in [9.17, 15) is 8.78 Å². The van der Waals surface area contributed by atoms with Crippen LogP contribution in [0.3, 0.4) is 0 Å². The summed E-state index contributed by atoms with van der Waals surface area (Å²) in [6.45, 7) is 1.12. The van der Waals surface area contributed by atoms with Crippen LogP contribution in [0, 0.1) is 11.6 Å². The van der Waals surface area contributed by atoms with Gasteiger partial charge in [0, 0.05) is 31.0 Å². The summed E-state index contributed by atoms with van der Waals surface area (Å²) in [5.74, 6) is -0.211. The minimum absolute atomic E-state index is 0.427. The number of rotatable bonds is 5. The fourth-order valence-electron chi connectivity index (χ4n) is 2.07. The molecule has 0 aliphatic heterocycles. The van der Waals surface area contributed by atoms with Crippen molar-refractivity contribution in [3.8, 4) is 0 Å². The second kappa shape index (κ2) is 5.09. The number of benzene rings is 1. The summed E-state index contributed by atoms with van der Waals surface area (Å²) in [6.07, 6.45) is 5.97. The van der Waals surface area contributed by atoms with E-state index in [-0.39, 0.29) is 0 Å². The highest BCUT2D eigenvalue weighted by Gasteiger charge is 2.20. The third kappa shape index (κ3) is 3.17. The van der Waals surface area contributed by atoms with Gasteiger partial charge in [0.15, 0.2) is 0 Å². The molecule has 3 rings (SSSR count). The molecule has 1 saturated carbocycles. The summed E-state index contributed by atoms with van der Waals surface area (Å²) >= 11 is 0. The van der Waals surface area contributed by atoms with Crippen LogP contribution in [0.5, 0.6) is 0 Å². The number of aromatic nitrogens is 2. The summed E-state index contributed by atoms with van der Waals surface area (Å²) in [4.78, 5) is 4.27. The van der Waals surface area contributed by atoms with Crippen LogP contribution in [-0.4, -0.2) is 15.6 Å². The van der Waals surface area contributed by atoms with Gasteiger partial charge in [0.1, 0.15) is 17.5 Å². The Morgan fingerprint density at radius 1 is 1.21 bits per heavy atom. The number of nitrogens with one attached hydrogen (secondary N) is 1. The first-order valence-corrected chi connectivity index (χ1v) is 6.39. The Bertz CT molecular complexity index is 556. The van der Waals surface area contributed by atoms with Crippen LogP contribution in [0.25, 0.3) is 0 Å². The monoisotopic (exact) mass is 263 g/mol. The van der Waals surface area contributed by atoms with Crippen molar-refractivity contribution in [2.24, 2.45) is 0 Å². The van der Waals surface area contributed by atoms with Crippen LogP contribution < -0.4 is 5.32 Å². The first-order chi connectivity index (χ1) is 9.20. The van der Waals surface area contributed by atoms with Crippen molar-refractivity contribution in [2.45, 2.75) is 32.0 Å². The molecule has 1 aliphatic carbocycles. The van der Waals surface area contributed by atoms with Crippen LogP contribution >= 0.6 is 0 Å². The van der Waals surface area contributed by atoms with Crippen LogP contribution in [0.1, 0.15) is 24.2 Å². The number of imidazole rings is 1. The third-order valence-electron chi connectivity index (χ3n) is 3.20. The third-order valence-corrected chi connectivity index (χ3v) is 3.20. The van der Waals surface area contributed by atoms with E-state index >= 15 is 0 Å². The zero-order valence-electron chi connectivity index (χ0n) is 10.4. The summed E-state index contributed by atoms with van der Waals surface area (Å²) in [7, 11) is 0. The highest BCUT2D eigenvalue weighted by molar-refractivity contribution is 5.18. The molecule has 1 heterocycles. The van der Waals surface area contributed by atoms with E-state index < -0.39 is 11.6 Å². The average molecular weight is 263 g/mol. The zero-order chi connectivity index (χ0) is 13.2. The van der Waals surface area contributed by atoms with E-state index in [0.29, 0.717) is 24.7 Å². The first-order valence-electron chi connectivity index (χ1n) is 6.39. The minimum Gasteiger partial charge on any atom is -0.329 e. The van der Waals surface area contributed by atoms with Gasteiger partial charge in [-0.05, 0) is 30.5 Å². The average Bonchev–Trinajstić information content (AvgIpc) is 3.07. The number of hydrogen-bond acceptors (Lipinski definition) is 2. The molecule has 0 bridgehead atoms. The normalized spacial score (nSPS) is 14.8. The van der Waals surface area contributed by atoms with Gasteiger partial charge >= 0.3 is 0 Å². The molecule has 100 valence electrons. The Morgan fingerprint density at radius 3 is 2.63 bits per heavy atom. The summed E-state index contributed by atoms with van der Waals surface area (Å²) in [6, 6.07) is 4.19. The Hall–Kier alpha value is -1.75. The SMILES string of the molecule is Fc1cc(F)cc(Cn2ccnc2CNC2CC2)c1. The van der Waals surface area contributed by atoms with Crippen LogP contribution in [-0.2, 0) is 13.1 Å². The number of halogens is 2. The van der Waals surface area contributed by atoms with Gasteiger partial charge in [-0.2, -0.15) is 0 Å². The van der Waals surface area contributed by atoms with Gasteiger partial charge < -0.3 is 9.88 Å². The molecule has 0 amide bonds. The molecule has 1 N–H and O–H groups in total. The lowest BCUT2D eigenvalue weighted by Gasteiger charge is -2.09. The molecular formula is C14H15F2N3. The van der Waals surface area contributed by atoms with Crippen molar-refractivity contribution in [1.82, 2.24) is 14.9 Å². The predicted octanol–water partition coefficient (Wildman–Crippen LogP) is 2.46. The van der Waals surface area contributed by atoms with Gasteiger partial charge in [0.05, 0.1) is 6.54 Å². The van der Waals surface area contributed by atoms with Crippen molar-refractivity contribution in [1.29, 1.82) is 0 Å². The van der Waals surface area contributed by atoms with Crippen molar-refractivity contribution in [2.75, 3.05) is 0 Å². The number of hydrogen-bond donors (Lipinski definition) is 1. The topological polar surface area (TPSA) is 29.9 Å². The molecule has 0 spiro atoms. The fourth-order valence-corrected chi connectivity index (χ4v) is 2.07. The van der Waals surface area contributed by atoms with E-state index in [0.717, 1.165) is 11.9 Å². The highest BCUT2D eigenvalue weighted by Crippen LogP contribution is 2.19. The van der Waals surface area contributed by atoms with Gasteiger partial charge in [-0.25, -0.2) is 13.8 Å². The molecule has 1 aliphatic rings. The van der Waals surface area contributed by atoms with E-state index in [1.54, 1.807) is 6.20 Å². The van der Waals surface area contributed by atoms with Gasteiger partial charge in [0.2, 0.25) is 0 Å². The molecule has 19 heavy (non-hydrogen) atoms. The maximum Gasteiger partial charge on any atom is 0.126 e. The van der Waals surface area contributed by atoms with Gasteiger partial charge in [-0.1, -0.05) is 0 Å². The standard InChI is InChI=1S/C14H15F2N3/c15-11-5-10(6-12(16)7-11)9-19-4-3-17-14(19)8-18-13-1-2-13/h3-7,13,18H,1-2,8-9H2. The molecule has 1 aromatic heterocycles. The predicted molar refractivity (Wildman–Crippen MR) is 67.5 cm³/mol. The molecule has 0 saturated heterocycles. The summed E-state index contributed by atoms with van der Waals surface area (Å²) in [5, 5.41) is 3.38. The molecule has 0 unspecified atom stereocenters. The maximum atomic E-state index is 13.1. The Morgan fingerprint density at radius 2 is 1.95 bits per heavy atom. The van der Waals surface area contributed by atoms with E-state index in [1.807, 2.05) is 10.8 Å². The quantitative estimate of drug-likeness (QED) is 0.898. The second-order valence-corrected chi connectivity index (χ2v) is 4.90. The molecule has 3 nitrogen and oxygen atoms in total. The Balaban J connectivity index is 1.72. The van der Waals surface area contributed by atoms with Crippen LogP contribution in [0.15, 0.2) is 30.6 Å².